The van der Waals surface area contributed by atoms with E-state index in [1.807, 2.05) is 37.3 Å². The highest BCUT2D eigenvalue weighted by atomic mass is 127. The SMILES string of the molecule is Cc1cccc(Cl)c1NC(=O)c1cc(I)ccc1Br. The molecule has 0 aromatic heterocycles. The molecule has 0 aliphatic rings. The summed E-state index contributed by atoms with van der Waals surface area (Å²) in [7, 11) is 0. The lowest BCUT2D eigenvalue weighted by molar-refractivity contribution is 0.102. The average Bonchev–Trinajstić information content (AvgIpc) is 2.37. The minimum Gasteiger partial charge on any atom is -0.320 e. The monoisotopic (exact) mass is 449 g/mol. The van der Waals surface area contributed by atoms with Crippen molar-refractivity contribution in [1.29, 1.82) is 0 Å². The molecule has 5 heteroatoms. The zero-order chi connectivity index (χ0) is 14.0. The van der Waals surface area contributed by atoms with Crippen molar-refractivity contribution in [1.82, 2.24) is 0 Å². The molecule has 2 rings (SSSR count). The van der Waals surface area contributed by atoms with E-state index in [2.05, 4.69) is 43.8 Å². The van der Waals surface area contributed by atoms with E-state index in [4.69, 9.17) is 11.6 Å². The maximum Gasteiger partial charge on any atom is 0.256 e. The third-order valence-corrected chi connectivity index (χ3v) is 4.31. The zero-order valence-corrected chi connectivity index (χ0v) is 14.5. The topological polar surface area (TPSA) is 29.1 Å². The van der Waals surface area contributed by atoms with Crippen LogP contribution >= 0.6 is 50.1 Å². The first-order chi connectivity index (χ1) is 8.99. The van der Waals surface area contributed by atoms with Gasteiger partial charge in [0.05, 0.1) is 16.3 Å². The third-order valence-electron chi connectivity index (χ3n) is 2.63. The van der Waals surface area contributed by atoms with Gasteiger partial charge in [-0.15, -0.1) is 0 Å². The van der Waals surface area contributed by atoms with Gasteiger partial charge in [0.1, 0.15) is 0 Å². The van der Waals surface area contributed by atoms with Crippen LogP contribution in [0.1, 0.15) is 15.9 Å². The van der Waals surface area contributed by atoms with Crippen LogP contribution in [-0.2, 0) is 0 Å². The number of aryl methyl sites for hydroxylation is 1. The predicted molar refractivity (Wildman–Crippen MR) is 91.0 cm³/mol. The number of rotatable bonds is 2. The largest absolute Gasteiger partial charge is 0.320 e. The van der Waals surface area contributed by atoms with Crippen LogP contribution in [0.3, 0.4) is 0 Å². The van der Waals surface area contributed by atoms with E-state index in [-0.39, 0.29) is 5.91 Å². The van der Waals surface area contributed by atoms with E-state index >= 15 is 0 Å². The lowest BCUT2D eigenvalue weighted by Crippen LogP contribution is -2.14. The Morgan fingerprint density at radius 3 is 2.74 bits per heavy atom. The average molecular weight is 451 g/mol. The smallest absolute Gasteiger partial charge is 0.256 e. The molecule has 19 heavy (non-hydrogen) atoms. The highest BCUT2D eigenvalue weighted by molar-refractivity contribution is 14.1. The van der Waals surface area contributed by atoms with Crippen molar-refractivity contribution < 1.29 is 4.79 Å². The number of amides is 1. The Balaban J connectivity index is 2.34. The molecule has 0 unspecified atom stereocenters. The molecule has 0 saturated carbocycles. The fourth-order valence-electron chi connectivity index (χ4n) is 1.64. The van der Waals surface area contributed by atoms with E-state index in [0.29, 0.717) is 16.3 Å². The molecule has 2 nitrogen and oxygen atoms in total. The Morgan fingerprint density at radius 1 is 1.32 bits per heavy atom. The van der Waals surface area contributed by atoms with Gasteiger partial charge in [0.15, 0.2) is 0 Å². The van der Waals surface area contributed by atoms with Gasteiger partial charge >= 0.3 is 0 Å². The summed E-state index contributed by atoms with van der Waals surface area (Å²) in [5, 5.41) is 3.40. The van der Waals surface area contributed by atoms with Crippen LogP contribution in [-0.4, -0.2) is 5.91 Å². The van der Waals surface area contributed by atoms with Crippen LogP contribution in [0.2, 0.25) is 5.02 Å². The molecule has 1 amide bonds. The molecule has 0 bridgehead atoms. The molecule has 0 aliphatic heterocycles. The molecule has 2 aromatic carbocycles. The summed E-state index contributed by atoms with van der Waals surface area (Å²) in [6, 6.07) is 11.1. The van der Waals surface area contributed by atoms with Crippen molar-refractivity contribution in [3.63, 3.8) is 0 Å². The molecular weight excluding hydrogens is 440 g/mol. The molecular formula is C14H10BrClINO. The van der Waals surface area contributed by atoms with Crippen molar-refractivity contribution >= 4 is 61.7 Å². The van der Waals surface area contributed by atoms with Crippen LogP contribution in [0.15, 0.2) is 40.9 Å². The van der Waals surface area contributed by atoms with Crippen LogP contribution in [0.5, 0.6) is 0 Å². The number of hydrogen-bond donors (Lipinski definition) is 1. The normalized spacial score (nSPS) is 10.3. The molecule has 2 aromatic rings. The molecule has 1 N–H and O–H groups in total. The van der Waals surface area contributed by atoms with Gasteiger partial charge in [0.2, 0.25) is 0 Å². The van der Waals surface area contributed by atoms with Crippen molar-refractivity contribution in [3.8, 4) is 0 Å². The number of hydrogen-bond acceptors (Lipinski definition) is 1. The number of benzene rings is 2. The Kier molecular flexibility index (Phi) is 4.86. The first-order valence-electron chi connectivity index (χ1n) is 5.50. The van der Waals surface area contributed by atoms with Crippen molar-refractivity contribution in [2.45, 2.75) is 6.92 Å². The summed E-state index contributed by atoms with van der Waals surface area (Å²) < 4.78 is 1.76. The predicted octanol–water partition coefficient (Wildman–Crippen LogP) is 5.27. The van der Waals surface area contributed by atoms with Gasteiger partial charge < -0.3 is 5.32 Å². The number of para-hydroxylation sites is 1. The van der Waals surface area contributed by atoms with Crippen molar-refractivity contribution in [2.75, 3.05) is 5.32 Å². The molecule has 0 atom stereocenters. The molecule has 0 spiro atoms. The molecule has 0 aliphatic carbocycles. The quantitative estimate of drug-likeness (QED) is 0.621. The lowest BCUT2D eigenvalue weighted by atomic mass is 10.1. The van der Waals surface area contributed by atoms with Crippen LogP contribution in [0, 0.1) is 10.5 Å². The highest BCUT2D eigenvalue weighted by Crippen LogP contribution is 2.27. The molecule has 0 fully saturated rings. The van der Waals surface area contributed by atoms with Gasteiger partial charge in [0, 0.05) is 8.04 Å². The van der Waals surface area contributed by atoms with E-state index in [1.165, 1.54) is 0 Å². The van der Waals surface area contributed by atoms with Gasteiger partial charge in [-0.3, -0.25) is 4.79 Å². The van der Waals surface area contributed by atoms with E-state index in [1.54, 1.807) is 6.07 Å². The fraction of sp³-hybridized carbons (Fsp3) is 0.0714. The first-order valence-corrected chi connectivity index (χ1v) is 7.75. The zero-order valence-electron chi connectivity index (χ0n) is 10.0. The Bertz CT molecular complexity index is 625. The summed E-state index contributed by atoms with van der Waals surface area (Å²) in [5.41, 5.74) is 2.17. The summed E-state index contributed by atoms with van der Waals surface area (Å²) in [5.74, 6) is -0.179. The summed E-state index contributed by atoms with van der Waals surface area (Å²) in [6.45, 7) is 1.91. The lowest BCUT2D eigenvalue weighted by Gasteiger charge is -2.11. The van der Waals surface area contributed by atoms with E-state index in [9.17, 15) is 4.79 Å². The standard InChI is InChI=1S/C14H10BrClINO/c1-8-3-2-4-12(16)13(8)18-14(19)10-7-9(17)5-6-11(10)15/h2-7H,1H3,(H,18,19). The number of halogens is 3. The Hall–Kier alpha value is -0.590. The minimum atomic E-state index is -0.179. The van der Waals surface area contributed by atoms with Crippen molar-refractivity contribution in [2.24, 2.45) is 0 Å². The van der Waals surface area contributed by atoms with Gasteiger partial charge in [-0.1, -0.05) is 23.7 Å². The maximum absolute atomic E-state index is 12.3. The highest BCUT2D eigenvalue weighted by Gasteiger charge is 2.13. The van der Waals surface area contributed by atoms with Gasteiger partial charge in [0.25, 0.3) is 5.91 Å². The minimum absolute atomic E-state index is 0.179. The number of nitrogens with one attached hydrogen (secondary N) is 1. The number of carbonyl (C=O) groups excluding carboxylic acids is 1. The maximum atomic E-state index is 12.3. The molecule has 0 heterocycles. The van der Waals surface area contributed by atoms with Crippen LogP contribution in [0.4, 0.5) is 5.69 Å². The number of carbonyl (C=O) groups is 1. The van der Waals surface area contributed by atoms with E-state index in [0.717, 1.165) is 13.6 Å². The van der Waals surface area contributed by atoms with Crippen molar-refractivity contribution in [3.05, 3.63) is 60.6 Å². The second-order valence-corrected chi connectivity index (χ2v) is 6.52. The van der Waals surface area contributed by atoms with Gasteiger partial charge in [-0.25, -0.2) is 0 Å². The second-order valence-electron chi connectivity index (χ2n) is 4.01. The van der Waals surface area contributed by atoms with Crippen LogP contribution < -0.4 is 5.32 Å². The first kappa shape index (κ1) is 14.8. The molecule has 0 radical (unpaired) electrons. The van der Waals surface area contributed by atoms with E-state index < -0.39 is 0 Å². The fourth-order valence-corrected chi connectivity index (χ4v) is 2.83. The van der Waals surface area contributed by atoms with Gasteiger partial charge in [-0.05, 0) is 75.3 Å². The Morgan fingerprint density at radius 2 is 2.05 bits per heavy atom. The summed E-state index contributed by atoms with van der Waals surface area (Å²) >= 11 is 11.7. The summed E-state index contributed by atoms with van der Waals surface area (Å²) in [6.07, 6.45) is 0. The molecule has 0 saturated heterocycles. The van der Waals surface area contributed by atoms with Gasteiger partial charge in [-0.2, -0.15) is 0 Å². The Labute approximate surface area is 138 Å². The second kappa shape index (κ2) is 6.24. The molecule has 98 valence electrons. The summed E-state index contributed by atoms with van der Waals surface area (Å²) in [4.78, 5) is 12.3. The van der Waals surface area contributed by atoms with Crippen LogP contribution in [0.25, 0.3) is 0 Å². The third kappa shape index (κ3) is 3.49. The number of anilines is 1.